The van der Waals surface area contributed by atoms with Crippen molar-refractivity contribution in [2.45, 2.75) is 32.4 Å². The van der Waals surface area contributed by atoms with Gasteiger partial charge < -0.3 is 10.6 Å². The fourth-order valence-electron chi connectivity index (χ4n) is 2.13. The predicted molar refractivity (Wildman–Crippen MR) is 65.9 cm³/mol. The summed E-state index contributed by atoms with van der Waals surface area (Å²) in [4.78, 5) is 6.84. The maximum absolute atomic E-state index is 5.75. The molecule has 1 unspecified atom stereocenters. The van der Waals surface area contributed by atoms with E-state index < -0.39 is 0 Å². The first-order chi connectivity index (χ1) is 7.22. The van der Waals surface area contributed by atoms with Crippen molar-refractivity contribution in [2.24, 2.45) is 5.73 Å². The maximum Gasteiger partial charge on any atom is 0.133 e. The highest BCUT2D eigenvalue weighted by Crippen LogP contribution is 2.27. The van der Waals surface area contributed by atoms with E-state index >= 15 is 0 Å². The molecule has 1 atom stereocenters. The summed E-state index contributed by atoms with van der Waals surface area (Å²) in [6, 6.07) is 2.65. The predicted octanol–water partition coefficient (Wildman–Crippen LogP) is 2.29. The van der Waals surface area contributed by atoms with Crippen LogP contribution in [0, 0.1) is 0 Å². The molecule has 2 heterocycles. The lowest BCUT2D eigenvalue weighted by atomic mass is 10.2. The first kappa shape index (κ1) is 10.9. The third kappa shape index (κ3) is 2.16. The van der Waals surface area contributed by atoms with Gasteiger partial charge in [-0.25, -0.2) is 4.98 Å². The molecule has 0 amide bonds. The van der Waals surface area contributed by atoms with Crippen molar-refractivity contribution in [1.29, 1.82) is 0 Å². The first-order valence-corrected chi connectivity index (χ1v) is 6.13. The molecule has 1 saturated heterocycles. The van der Waals surface area contributed by atoms with Crippen LogP contribution >= 0.6 is 15.9 Å². The van der Waals surface area contributed by atoms with E-state index in [0.29, 0.717) is 12.6 Å². The van der Waals surface area contributed by atoms with Gasteiger partial charge in [0, 0.05) is 35.4 Å². The van der Waals surface area contributed by atoms with Crippen LogP contribution < -0.4 is 10.6 Å². The molecule has 1 aliphatic rings. The van der Waals surface area contributed by atoms with E-state index in [2.05, 4.69) is 38.8 Å². The number of anilines is 1. The van der Waals surface area contributed by atoms with Gasteiger partial charge in [0.1, 0.15) is 5.82 Å². The normalized spacial score (nSPS) is 21.0. The maximum atomic E-state index is 5.75. The molecule has 3 nitrogen and oxygen atoms in total. The van der Waals surface area contributed by atoms with Crippen molar-refractivity contribution in [1.82, 2.24) is 4.98 Å². The number of nitrogens with two attached hydrogens (primary N) is 1. The quantitative estimate of drug-likeness (QED) is 0.896. The van der Waals surface area contributed by atoms with Crippen molar-refractivity contribution in [2.75, 3.05) is 11.4 Å². The fraction of sp³-hybridized carbons (Fsp3) is 0.545. The fourth-order valence-corrected chi connectivity index (χ4v) is 2.51. The van der Waals surface area contributed by atoms with Crippen LogP contribution in [-0.2, 0) is 6.54 Å². The molecular formula is C11H16BrN3. The highest BCUT2D eigenvalue weighted by Gasteiger charge is 2.23. The van der Waals surface area contributed by atoms with Crippen LogP contribution in [-0.4, -0.2) is 17.6 Å². The minimum absolute atomic E-state index is 0.547. The number of rotatable bonds is 2. The SMILES string of the molecule is CC1CCCN1c1ncc(Br)cc1CN. The van der Waals surface area contributed by atoms with Crippen LogP contribution in [0.3, 0.4) is 0 Å². The van der Waals surface area contributed by atoms with E-state index in [1.165, 1.54) is 12.8 Å². The Morgan fingerprint density at radius 1 is 1.67 bits per heavy atom. The molecule has 0 aliphatic carbocycles. The molecule has 0 aromatic carbocycles. The summed E-state index contributed by atoms with van der Waals surface area (Å²) in [5.41, 5.74) is 6.87. The molecule has 1 aromatic heterocycles. The monoisotopic (exact) mass is 269 g/mol. The van der Waals surface area contributed by atoms with Gasteiger partial charge in [-0.05, 0) is 41.8 Å². The van der Waals surface area contributed by atoms with Crippen LogP contribution in [0.1, 0.15) is 25.3 Å². The van der Waals surface area contributed by atoms with Crippen molar-refractivity contribution >= 4 is 21.7 Å². The summed E-state index contributed by atoms with van der Waals surface area (Å²) in [5, 5.41) is 0. The molecule has 2 N–H and O–H groups in total. The molecule has 15 heavy (non-hydrogen) atoms. The highest BCUT2D eigenvalue weighted by atomic mass is 79.9. The Kier molecular flexibility index (Phi) is 3.26. The Morgan fingerprint density at radius 3 is 3.07 bits per heavy atom. The second-order valence-corrected chi connectivity index (χ2v) is 4.94. The summed E-state index contributed by atoms with van der Waals surface area (Å²) in [6.45, 7) is 3.89. The zero-order valence-corrected chi connectivity index (χ0v) is 10.5. The summed E-state index contributed by atoms with van der Waals surface area (Å²) in [5.74, 6) is 1.06. The molecule has 0 saturated carbocycles. The Morgan fingerprint density at radius 2 is 2.47 bits per heavy atom. The van der Waals surface area contributed by atoms with Crippen LogP contribution in [0.4, 0.5) is 5.82 Å². The van der Waals surface area contributed by atoms with E-state index in [9.17, 15) is 0 Å². The third-order valence-electron chi connectivity index (χ3n) is 2.95. The van der Waals surface area contributed by atoms with Crippen molar-refractivity contribution in [3.63, 3.8) is 0 Å². The average Bonchev–Trinajstić information content (AvgIpc) is 2.64. The lowest BCUT2D eigenvalue weighted by Crippen LogP contribution is -2.28. The van der Waals surface area contributed by atoms with Crippen molar-refractivity contribution in [3.8, 4) is 0 Å². The first-order valence-electron chi connectivity index (χ1n) is 5.33. The molecule has 82 valence electrons. The van der Waals surface area contributed by atoms with Crippen molar-refractivity contribution in [3.05, 3.63) is 22.3 Å². The number of hydrogen-bond acceptors (Lipinski definition) is 3. The third-order valence-corrected chi connectivity index (χ3v) is 3.39. The molecule has 0 radical (unpaired) electrons. The molecule has 1 fully saturated rings. The molecule has 2 rings (SSSR count). The Labute approximate surface area is 98.8 Å². The van der Waals surface area contributed by atoms with Gasteiger partial charge in [-0.3, -0.25) is 0 Å². The average molecular weight is 270 g/mol. The molecule has 1 aliphatic heterocycles. The highest BCUT2D eigenvalue weighted by molar-refractivity contribution is 9.10. The lowest BCUT2D eigenvalue weighted by Gasteiger charge is -2.24. The Bertz CT molecular complexity index is 354. The topological polar surface area (TPSA) is 42.2 Å². The zero-order chi connectivity index (χ0) is 10.8. The summed E-state index contributed by atoms with van der Waals surface area (Å²) >= 11 is 3.42. The second kappa shape index (κ2) is 4.49. The second-order valence-electron chi connectivity index (χ2n) is 4.03. The van der Waals surface area contributed by atoms with Gasteiger partial charge in [-0.15, -0.1) is 0 Å². The minimum atomic E-state index is 0.547. The zero-order valence-electron chi connectivity index (χ0n) is 8.91. The van der Waals surface area contributed by atoms with Gasteiger partial charge in [0.05, 0.1) is 0 Å². The summed E-state index contributed by atoms with van der Waals surface area (Å²) in [6.07, 6.45) is 4.35. The van der Waals surface area contributed by atoms with Gasteiger partial charge in [-0.1, -0.05) is 0 Å². The van der Waals surface area contributed by atoms with E-state index in [1.54, 1.807) is 0 Å². The lowest BCUT2D eigenvalue weighted by molar-refractivity contribution is 0.722. The summed E-state index contributed by atoms with van der Waals surface area (Å²) in [7, 11) is 0. The smallest absolute Gasteiger partial charge is 0.133 e. The number of halogens is 1. The Hall–Kier alpha value is -0.610. The molecule has 4 heteroatoms. The standard InChI is InChI=1S/C11H16BrN3/c1-8-3-2-4-15(8)11-9(6-13)5-10(12)7-14-11/h5,7-8H,2-4,6,13H2,1H3. The van der Waals surface area contributed by atoms with Gasteiger partial charge >= 0.3 is 0 Å². The largest absolute Gasteiger partial charge is 0.354 e. The number of aromatic nitrogens is 1. The number of nitrogens with zero attached hydrogens (tertiary/aromatic N) is 2. The summed E-state index contributed by atoms with van der Waals surface area (Å²) < 4.78 is 0.999. The molecule has 1 aromatic rings. The van der Waals surface area contributed by atoms with Crippen LogP contribution in [0.5, 0.6) is 0 Å². The van der Waals surface area contributed by atoms with E-state index in [0.717, 1.165) is 22.4 Å². The van der Waals surface area contributed by atoms with Crippen LogP contribution in [0.25, 0.3) is 0 Å². The van der Waals surface area contributed by atoms with Gasteiger partial charge in [0.15, 0.2) is 0 Å². The van der Waals surface area contributed by atoms with E-state index in [1.807, 2.05) is 6.20 Å². The molecular weight excluding hydrogens is 254 g/mol. The number of pyridine rings is 1. The molecule has 0 bridgehead atoms. The van der Waals surface area contributed by atoms with Gasteiger partial charge in [-0.2, -0.15) is 0 Å². The number of hydrogen-bond donors (Lipinski definition) is 1. The van der Waals surface area contributed by atoms with Gasteiger partial charge in [0.25, 0.3) is 0 Å². The van der Waals surface area contributed by atoms with Crippen molar-refractivity contribution < 1.29 is 0 Å². The van der Waals surface area contributed by atoms with E-state index in [-0.39, 0.29) is 0 Å². The minimum Gasteiger partial charge on any atom is -0.354 e. The molecule has 0 spiro atoms. The van der Waals surface area contributed by atoms with Crippen LogP contribution in [0.2, 0.25) is 0 Å². The Balaban J connectivity index is 2.34. The van der Waals surface area contributed by atoms with Gasteiger partial charge in [0.2, 0.25) is 0 Å². The van der Waals surface area contributed by atoms with E-state index in [4.69, 9.17) is 5.73 Å². The van der Waals surface area contributed by atoms with Crippen LogP contribution in [0.15, 0.2) is 16.7 Å².